The monoisotopic (exact) mass is 293 g/mol. The molecule has 0 saturated heterocycles. The van der Waals surface area contributed by atoms with Crippen LogP contribution in [-0.2, 0) is 5.41 Å². The molecule has 1 aromatic rings. The SMILES string of the molecule is CCNc1nc(C(C)(C)C)nc(NC(C)CN(C)C)c1C. The molecule has 0 aliphatic heterocycles. The van der Waals surface area contributed by atoms with Crippen LogP contribution in [0.1, 0.15) is 46.0 Å². The van der Waals surface area contributed by atoms with Gasteiger partial charge in [0.15, 0.2) is 0 Å². The molecule has 0 aliphatic carbocycles. The van der Waals surface area contributed by atoms with Crippen molar-refractivity contribution in [3.8, 4) is 0 Å². The lowest BCUT2D eigenvalue weighted by molar-refractivity contribution is 0.391. The third-order valence-electron chi connectivity index (χ3n) is 3.18. The molecule has 1 heterocycles. The van der Waals surface area contributed by atoms with E-state index < -0.39 is 0 Å². The van der Waals surface area contributed by atoms with Crippen molar-refractivity contribution >= 4 is 11.6 Å². The first kappa shape index (κ1) is 17.7. The van der Waals surface area contributed by atoms with Crippen molar-refractivity contribution in [1.82, 2.24) is 14.9 Å². The van der Waals surface area contributed by atoms with Crippen LogP contribution in [0, 0.1) is 6.92 Å². The number of nitrogens with one attached hydrogen (secondary N) is 2. The standard InChI is InChI=1S/C16H31N5/c1-9-17-13-12(3)14(18-11(2)10-21(7)8)20-15(19-13)16(4,5)6/h11H,9-10H2,1-8H3,(H2,17,18,19,20). The van der Waals surface area contributed by atoms with Crippen LogP contribution in [0.5, 0.6) is 0 Å². The summed E-state index contributed by atoms with van der Waals surface area (Å²) in [5.41, 5.74) is 1.01. The fourth-order valence-corrected chi connectivity index (χ4v) is 2.16. The van der Waals surface area contributed by atoms with Gasteiger partial charge in [-0.3, -0.25) is 0 Å². The topological polar surface area (TPSA) is 53.1 Å². The van der Waals surface area contributed by atoms with E-state index in [9.17, 15) is 0 Å². The normalized spacial score (nSPS) is 13.4. The number of anilines is 2. The third kappa shape index (κ3) is 5.16. The molecular formula is C16H31N5. The van der Waals surface area contributed by atoms with Crippen LogP contribution in [0.4, 0.5) is 11.6 Å². The molecule has 0 fully saturated rings. The Morgan fingerprint density at radius 2 is 1.71 bits per heavy atom. The Morgan fingerprint density at radius 1 is 1.14 bits per heavy atom. The summed E-state index contributed by atoms with van der Waals surface area (Å²) in [7, 11) is 4.16. The lowest BCUT2D eigenvalue weighted by atomic mass is 9.95. The summed E-state index contributed by atoms with van der Waals surface area (Å²) in [5.74, 6) is 2.72. The van der Waals surface area contributed by atoms with Gasteiger partial charge in [-0.2, -0.15) is 0 Å². The summed E-state index contributed by atoms with van der Waals surface area (Å²) in [5, 5.41) is 6.86. The maximum Gasteiger partial charge on any atom is 0.138 e. The summed E-state index contributed by atoms with van der Waals surface area (Å²) in [6.07, 6.45) is 0. The Balaban J connectivity index is 3.14. The predicted octanol–water partition coefficient (Wildman–Crippen LogP) is 2.88. The van der Waals surface area contributed by atoms with Crippen molar-refractivity contribution in [2.24, 2.45) is 0 Å². The molecule has 2 N–H and O–H groups in total. The molecule has 21 heavy (non-hydrogen) atoms. The highest BCUT2D eigenvalue weighted by atomic mass is 15.1. The summed E-state index contributed by atoms with van der Waals surface area (Å²) < 4.78 is 0. The van der Waals surface area contributed by atoms with E-state index in [1.165, 1.54) is 0 Å². The molecule has 1 rings (SSSR count). The van der Waals surface area contributed by atoms with Crippen molar-refractivity contribution in [2.75, 3.05) is 37.8 Å². The minimum atomic E-state index is -0.0703. The number of likely N-dealkylation sites (N-methyl/N-ethyl adjacent to an activating group) is 1. The van der Waals surface area contributed by atoms with Gasteiger partial charge in [-0.15, -0.1) is 0 Å². The molecule has 0 amide bonds. The Labute approximate surface area is 129 Å². The number of nitrogens with zero attached hydrogens (tertiary/aromatic N) is 3. The Bertz CT molecular complexity index is 462. The molecule has 0 bridgehead atoms. The van der Waals surface area contributed by atoms with E-state index in [4.69, 9.17) is 4.98 Å². The fourth-order valence-electron chi connectivity index (χ4n) is 2.16. The zero-order valence-electron chi connectivity index (χ0n) is 14.8. The number of rotatable bonds is 6. The predicted molar refractivity (Wildman–Crippen MR) is 91.3 cm³/mol. The highest BCUT2D eigenvalue weighted by Crippen LogP contribution is 2.26. The van der Waals surface area contributed by atoms with Crippen molar-refractivity contribution < 1.29 is 0 Å². The van der Waals surface area contributed by atoms with Crippen LogP contribution in [0.2, 0.25) is 0 Å². The van der Waals surface area contributed by atoms with Crippen LogP contribution >= 0.6 is 0 Å². The van der Waals surface area contributed by atoms with Gasteiger partial charge in [0, 0.05) is 30.1 Å². The molecule has 1 aromatic heterocycles. The zero-order chi connectivity index (χ0) is 16.2. The molecular weight excluding hydrogens is 262 g/mol. The number of hydrogen-bond donors (Lipinski definition) is 2. The first-order valence-electron chi connectivity index (χ1n) is 7.69. The maximum atomic E-state index is 4.75. The molecule has 0 aromatic carbocycles. The van der Waals surface area contributed by atoms with Crippen molar-refractivity contribution in [3.63, 3.8) is 0 Å². The Hall–Kier alpha value is -1.36. The molecule has 1 atom stereocenters. The first-order chi connectivity index (χ1) is 9.65. The molecule has 1 unspecified atom stereocenters. The van der Waals surface area contributed by atoms with Crippen LogP contribution in [-0.4, -0.2) is 48.1 Å². The van der Waals surface area contributed by atoms with E-state index in [0.717, 1.165) is 36.1 Å². The summed E-state index contributed by atoms with van der Waals surface area (Å²) in [4.78, 5) is 11.6. The van der Waals surface area contributed by atoms with Crippen molar-refractivity contribution in [3.05, 3.63) is 11.4 Å². The lowest BCUT2D eigenvalue weighted by Gasteiger charge is -2.24. The van der Waals surface area contributed by atoms with Gasteiger partial charge in [0.1, 0.15) is 17.5 Å². The van der Waals surface area contributed by atoms with Gasteiger partial charge >= 0.3 is 0 Å². The zero-order valence-corrected chi connectivity index (χ0v) is 14.8. The second-order valence-corrected chi connectivity index (χ2v) is 6.96. The smallest absolute Gasteiger partial charge is 0.138 e. The van der Waals surface area contributed by atoms with Gasteiger partial charge in [-0.25, -0.2) is 9.97 Å². The van der Waals surface area contributed by atoms with Crippen molar-refractivity contribution in [1.29, 1.82) is 0 Å². The van der Waals surface area contributed by atoms with Gasteiger partial charge in [-0.05, 0) is 34.9 Å². The molecule has 0 radical (unpaired) electrons. The van der Waals surface area contributed by atoms with E-state index in [2.05, 4.69) is 76.2 Å². The van der Waals surface area contributed by atoms with Gasteiger partial charge < -0.3 is 15.5 Å². The van der Waals surface area contributed by atoms with E-state index in [1.807, 2.05) is 0 Å². The first-order valence-corrected chi connectivity index (χ1v) is 7.69. The second-order valence-electron chi connectivity index (χ2n) is 6.96. The highest BCUT2D eigenvalue weighted by molar-refractivity contribution is 5.58. The van der Waals surface area contributed by atoms with E-state index >= 15 is 0 Å². The van der Waals surface area contributed by atoms with Crippen molar-refractivity contribution in [2.45, 2.75) is 53.0 Å². The highest BCUT2D eigenvalue weighted by Gasteiger charge is 2.21. The molecule has 5 heteroatoms. The fraction of sp³-hybridized carbons (Fsp3) is 0.750. The minimum Gasteiger partial charge on any atom is -0.370 e. The number of aromatic nitrogens is 2. The molecule has 120 valence electrons. The van der Waals surface area contributed by atoms with E-state index in [0.29, 0.717) is 6.04 Å². The molecule has 0 aliphatic rings. The summed E-state index contributed by atoms with van der Waals surface area (Å²) >= 11 is 0. The van der Waals surface area contributed by atoms with Gasteiger partial charge in [0.05, 0.1) is 0 Å². The number of hydrogen-bond acceptors (Lipinski definition) is 5. The minimum absolute atomic E-state index is 0.0703. The third-order valence-corrected chi connectivity index (χ3v) is 3.18. The Kier molecular flexibility index (Phi) is 5.96. The average molecular weight is 293 g/mol. The largest absolute Gasteiger partial charge is 0.370 e. The van der Waals surface area contributed by atoms with Crippen LogP contribution in [0.3, 0.4) is 0 Å². The summed E-state index contributed by atoms with van der Waals surface area (Å²) in [6.45, 7) is 14.6. The molecule has 0 spiro atoms. The molecule has 0 saturated carbocycles. The van der Waals surface area contributed by atoms with Crippen LogP contribution in [0.15, 0.2) is 0 Å². The van der Waals surface area contributed by atoms with Crippen LogP contribution in [0.25, 0.3) is 0 Å². The van der Waals surface area contributed by atoms with Crippen LogP contribution < -0.4 is 10.6 Å². The molecule has 5 nitrogen and oxygen atoms in total. The second kappa shape index (κ2) is 7.07. The average Bonchev–Trinajstić information content (AvgIpc) is 2.31. The lowest BCUT2D eigenvalue weighted by Crippen LogP contribution is -2.31. The Morgan fingerprint density at radius 3 is 2.19 bits per heavy atom. The quantitative estimate of drug-likeness (QED) is 0.844. The van der Waals surface area contributed by atoms with Gasteiger partial charge in [0.25, 0.3) is 0 Å². The van der Waals surface area contributed by atoms with Gasteiger partial charge in [-0.1, -0.05) is 20.8 Å². The maximum absolute atomic E-state index is 4.75. The van der Waals surface area contributed by atoms with E-state index in [1.54, 1.807) is 0 Å². The van der Waals surface area contributed by atoms with Gasteiger partial charge in [0.2, 0.25) is 0 Å². The van der Waals surface area contributed by atoms with E-state index in [-0.39, 0.29) is 5.41 Å². The summed E-state index contributed by atoms with van der Waals surface area (Å²) in [6, 6.07) is 0.330.